The summed E-state index contributed by atoms with van der Waals surface area (Å²) < 4.78 is 1.60. The first-order valence-corrected chi connectivity index (χ1v) is 8.03. The van der Waals surface area contributed by atoms with Crippen LogP contribution in [0.5, 0.6) is 0 Å². The number of carbonyl (C=O) groups is 1. The fourth-order valence-electron chi connectivity index (χ4n) is 3.01. The van der Waals surface area contributed by atoms with Crippen molar-refractivity contribution in [3.63, 3.8) is 0 Å². The van der Waals surface area contributed by atoms with Gasteiger partial charge in [0.1, 0.15) is 0 Å². The maximum absolute atomic E-state index is 12.0. The van der Waals surface area contributed by atoms with Gasteiger partial charge in [0.15, 0.2) is 0 Å². The Bertz CT molecular complexity index is 849. The number of aryl methyl sites for hydroxylation is 1. The molecule has 0 atom stereocenters. The van der Waals surface area contributed by atoms with Crippen molar-refractivity contribution in [2.45, 2.75) is 44.7 Å². The summed E-state index contributed by atoms with van der Waals surface area (Å²) in [5.74, 6) is 0.157. The normalized spacial score (nSPS) is 19.5. The third kappa shape index (κ3) is 3.61. The summed E-state index contributed by atoms with van der Waals surface area (Å²) in [6.07, 6.45) is 3.25. The lowest BCUT2D eigenvalue weighted by Gasteiger charge is -2.35. The van der Waals surface area contributed by atoms with Gasteiger partial charge in [-0.25, -0.2) is 4.98 Å². The van der Waals surface area contributed by atoms with Crippen LogP contribution in [0.2, 0.25) is 0 Å². The van der Waals surface area contributed by atoms with Crippen molar-refractivity contribution in [3.8, 4) is 0 Å². The van der Waals surface area contributed by atoms with E-state index in [1.165, 1.54) is 18.5 Å². The van der Waals surface area contributed by atoms with Crippen LogP contribution in [-0.2, 0) is 11.3 Å². The predicted molar refractivity (Wildman–Crippen MR) is 88.8 cm³/mol. The molecule has 1 amide bonds. The van der Waals surface area contributed by atoms with E-state index in [2.05, 4.69) is 15.3 Å². The quantitative estimate of drug-likeness (QED) is 0.844. The van der Waals surface area contributed by atoms with E-state index in [9.17, 15) is 14.4 Å². The monoisotopic (exact) mass is 328 g/mol. The first-order chi connectivity index (χ1) is 11.5. The van der Waals surface area contributed by atoms with Gasteiger partial charge < -0.3 is 14.9 Å². The molecule has 0 unspecified atom stereocenters. The highest BCUT2D eigenvalue weighted by Crippen LogP contribution is 2.35. The van der Waals surface area contributed by atoms with Gasteiger partial charge in [-0.1, -0.05) is 6.07 Å². The van der Waals surface area contributed by atoms with E-state index in [0.29, 0.717) is 6.54 Å². The SMILES string of the molecule is Cc1cccc(=O)n1CCC(=O)NC1CC(c2cc(=O)[nH]cn2)C1. The Morgan fingerprint density at radius 2 is 2.17 bits per heavy atom. The van der Waals surface area contributed by atoms with Crippen LogP contribution in [0.1, 0.15) is 36.6 Å². The van der Waals surface area contributed by atoms with Crippen LogP contribution >= 0.6 is 0 Å². The first-order valence-electron chi connectivity index (χ1n) is 8.03. The second-order valence-electron chi connectivity index (χ2n) is 6.18. The highest BCUT2D eigenvalue weighted by Gasteiger charge is 2.32. The smallest absolute Gasteiger partial charge is 0.250 e. The molecule has 0 aromatic carbocycles. The van der Waals surface area contributed by atoms with Gasteiger partial charge in [0, 0.05) is 42.8 Å². The number of hydrogen-bond acceptors (Lipinski definition) is 4. The molecule has 2 N–H and O–H groups in total. The van der Waals surface area contributed by atoms with Crippen LogP contribution < -0.4 is 16.4 Å². The molecule has 3 rings (SSSR count). The van der Waals surface area contributed by atoms with Crippen LogP contribution in [0.25, 0.3) is 0 Å². The zero-order valence-corrected chi connectivity index (χ0v) is 13.5. The highest BCUT2D eigenvalue weighted by atomic mass is 16.2. The summed E-state index contributed by atoms with van der Waals surface area (Å²) in [6, 6.07) is 6.68. The molecule has 2 aromatic rings. The summed E-state index contributed by atoms with van der Waals surface area (Å²) in [7, 11) is 0. The number of pyridine rings is 1. The van der Waals surface area contributed by atoms with Crippen molar-refractivity contribution in [2.24, 2.45) is 0 Å². The van der Waals surface area contributed by atoms with Gasteiger partial charge in [0.25, 0.3) is 11.1 Å². The van der Waals surface area contributed by atoms with Crippen LogP contribution in [0, 0.1) is 6.92 Å². The molecule has 7 nitrogen and oxygen atoms in total. The Hall–Kier alpha value is -2.70. The predicted octanol–water partition coefficient (Wildman–Crippen LogP) is 0.693. The van der Waals surface area contributed by atoms with Gasteiger partial charge in [0.2, 0.25) is 5.91 Å². The average Bonchev–Trinajstić information content (AvgIpc) is 2.50. The van der Waals surface area contributed by atoms with Gasteiger partial charge in [-0.3, -0.25) is 14.4 Å². The van der Waals surface area contributed by atoms with Crippen LogP contribution in [0.4, 0.5) is 0 Å². The second kappa shape index (κ2) is 6.82. The maximum Gasteiger partial charge on any atom is 0.250 e. The zero-order valence-electron chi connectivity index (χ0n) is 13.5. The van der Waals surface area contributed by atoms with Crippen molar-refractivity contribution in [2.75, 3.05) is 0 Å². The summed E-state index contributed by atoms with van der Waals surface area (Å²) in [4.78, 5) is 41.7. The molecule has 0 spiro atoms. The molecule has 7 heteroatoms. The van der Waals surface area contributed by atoms with Crippen molar-refractivity contribution in [1.82, 2.24) is 19.9 Å². The Kier molecular flexibility index (Phi) is 4.59. The molecule has 1 aliphatic carbocycles. The van der Waals surface area contributed by atoms with E-state index in [1.807, 2.05) is 13.0 Å². The zero-order chi connectivity index (χ0) is 17.1. The van der Waals surface area contributed by atoms with Gasteiger partial charge in [-0.15, -0.1) is 0 Å². The lowest BCUT2D eigenvalue weighted by molar-refractivity contribution is -0.122. The maximum atomic E-state index is 12.0. The molecular weight excluding hydrogens is 308 g/mol. The number of aromatic nitrogens is 3. The lowest BCUT2D eigenvalue weighted by Crippen LogP contribution is -2.44. The van der Waals surface area contributed by atoms with E-state index in [0.717, 1.165) is 24.2 Å². The standard InChI is InChI=1S/C17H20N4O3/c1-11-3-2-4-17(24)21(11)6-5-15(22)20-13-7-12(8-13)14-9-16(23)19-10-18-14/h2-4,9-10,12-13H,5-8H2,1H3,(H,20,22)(H,18,19,23). The Morgan fingerprint density at radius 3 is 2.88 bits per heavy atom. The van der Waals surface area contributed by atoms with Crippen molar-refractivity contribution in [3.05, 3.63) is 62.7 Å². The van der Waals surface area contributed by atoms with Crippen molar-refractivity contribution < 1.29 is 4.79 Å². The number of amides is 1. The molecular formula is C17H20N4O3. The number of aromatic amines is 1. The van der Waals surface area contributed by atoms with Gasteiger partial charge >= 0.3 is 0 Å². The van der Waals surface area contributed by atoms with Crippen molar-refractivity contribution >= 4 is 5.91 Å². The molecule has 2 heterocycles. The average molecular weight is 328 g/mol. The first kappa shape index (κ1) is 16.2. The molecule has 24 heavy (non-hydrogen) atoms. The third-order valence-corrected chi connectivity index (χ3v) is 4.45. The van der Waals surface area contributed by atoms with Gasteiger partial charge in [0.05, 0.1) is 12.0 Å². The molecule has 0 bridgehead atoms. The Morgan fingerprint density at radius 1 is 1.38 bits per heavy atom. The number of carbonyl (C=O) groups excluding carboxylic acids is 1. The molecule has 0 radical (unpaired) electrons. The minimum Gasteiger partial charge on any atom is -0.353 e. The number of hydrogen-bond donors (Lipinski definition) is 2. The minimum atomic E-state index is -0.156. The molecule has 1 fully saturated rings. The molecule has 0 saturated heterocycles. The molecule has 2 aromatic heterocycles. The highest BCUT2D eigenvalue weighted by molar-refractivity contribution is 5.76. The fraction of sp³-hybridized carbons (Fsp3) is 0.412. The van der Waals surface area contributed by atoms with Gasteiger partial charge in [-0.2, -0.15) is 0 Å². The number of H-pyrrole nitrogens is 1. The molecule has 0 aliphatic heterocycles. The van der Waals surface area contributed by atoms with E-state index < -0.39 is 0 Å². The summed E-state index contributed by atoms with van der Waals surface area (Å²) in [6.45, 7) is 2.23. The number of nitrogens with zero attached hydrogens (tertiary/aromatic N) is 2. The van der Waals surface area contributed by atoms with E-state index in [1.54, 1.807) is 10.6 Å². The minimum absolute atomic E-state index is 0.0625. The van der Waals surface area contributed by atoms with Gasteiger partial charge in [-0.05, 0) is 25.8 Å². The van der Waals surface area contributed by atoms with Crippen LogP contribution in [0.15, 0.2) is 40.2 Å². The van der Waals surface area contributed by atoms with Crippen LogP contribution in [-0.4, -0.2) is 26.5 Å². The lowest BCUT2D eigenvalue weighted by atomic mass is 9.78. The van der Waals surface area contributed by atoms with E-state index in [4.69, 9.17) is 0 Å². The number of rotatable bonds is 5. The third-order valence-electron chi connectivity index (χ3n) is 4.45. The van der Waals surface area contributed by atoms with E-state index in [-0.39, 0.29) is 35.4 Å². The Labute approximate surface area is 138 Å². The summed E-state index contributed by atoms with van der Waals surface area (Å²) in [5, 5.41) is 2.97. The second-order valence-corrected chi connectivity index (χ2v) is 6.18. The summed E-state index contributed by atoms with van der Waals surface area (Å²) in [5.41, 5.74) is 1.37. The van der Waals surface area contributed by atoms with E-state index >= 15 is 0 Å². The largest absolute Gasteiger partial charge is 0.353 e. The van der Waals surface area contributed by atoms with Crippen molar-refractivity contribution in [1.29, 1.82) is 0 Å². The molecule has 1 aliphatic rings. The van der Waals surface area contributed by atoms with Crippen LogP contribution in [0.3, 0.4) is 0 Å². The topological polar surface area (TPSA) is 96.9 Å². The number of nitrogens with one attached hydrogen (secondary N) is 2. The molecule has 1 saturated carbocycles. The Balaban J connectivity index is 1.47. The molecule has 126 valence electrons. The fourth-order valence-corrected chi connectivity index (χ4v) is 3.01. The summed E-state index contributed by atoms with van der Waals surface area (Å²) >= 11 is 0.